The summed E-state index contributed by atoms with van der Waals surface area (Å²) in [5.41, 5.74) is 1.72. The quantitative estimate of drug-likeness (QED) is 0.276. The maximum Gasteiger partial charge on any atom is 0.248 e. The minimum Gasteiger partial charge on any atom is -0.495 e. The van der Waals surface area contributed by atoms with Crippen LogP contribution >= 0.6 is 0 Å². The maximum absolute atomic E-state index is 14.5. The summed E-state index contributed by atoms with van der Waals surface area (Å²) in [6, 6.07) is 17.5. The summed E-state index contributed by atoms with van der Waals surface area (Å²) in [5.74, 6) is 0.779. The minimum atomic E-state index is -0.317. The summed E-state index contributed by atoms with van der Waals surface area (Å²) in [7, 11) is 5.41. The van der Waals surface area contributed by atoms with Crippen LogP contribution in [0.2, 0.25) is 0 Å². The minimum absolute atomic E-state index is 0.238. The number of benzene rings is 3. The molecule has 184 valence electrons. The monoisotopic (exact) mass is 486 g/mol. The number of anilines is 5. The first kappa shape index (κ1) is 24.6. The van der Waals surface area contributed by atoms with Crippen LogP contribution in [-0.4, -0.2) is 48.5 Å². The highest BCUT2D eigenvalue weighted by Gasteiger charge is 2.10. The van der Waals surface area contributed by atoms with Gasteiger partial charge in [-0.05, 0) is 55.9 Å². The van der Waals surface area contributed by atoms with Gasteiger partial charge in [0.2, 0.25) is 11.9 Å². The number of nitrogens with one attached hydrogen (secondary N) is 3. The molecule has 0 saturated heterocycles. The lowest BCUT2D eigenvalue weighted by atomic mass is 10.1. The molecule has 4 aromatic rings. The van der Waals surface area contributed by atoms with Gasteiger partial charge in [0.15, 0.2) is 0 Å². The van der Waals surface area contributed by atoms with Crippen LogP contribution in [0.5, 0.6) is 5.75 Å². The third-order valence-corrected chi connectivity index (χ3v) is 5.19. The average molecular weight is 487 g/mol. The molecule has 0 atom stereocenters. The molecule has 36 heavy (non-hydrogen) atoms. The SMILES string of the molecule is COc1ccc(NC(=O)/C=C/CN(C)C)cc1Nc1nccc(Nc2cc(F)c3ccccc3c2)n1. The van der Waals surface area contributed by atoms with Crippen molar-refractivity contribution in [3.05, 3.63) is 84.8 Å². The van der Waals surface area contributed by atoms with Gasteiger partial charge in [0.1, 0.15) is 17.4 Å². The predicted molar refractivity (Wildman–Crippen MR) is 142 cm³/mol. The molecule has 3 aromatic carbocycles. The number of rotatable bonds is 9. The normalized spacial score (nSPS) is 11.1. The molecule has 0 aliphatic rings. The third kappa shape index (κ3) is 6.34. The number of hydrogen-bond donors (Lipinski definition) is 3. The first-order valence-corrected chi connectivity index (χ1v) is 11.3. The topological polar surface area (TPSA) is 91.4 Å². The van der Waals surface area contributed by atoms with Gasteiger partial charge in [-0.15, -0.1) is 0 Å². The van der Waals surface area contributed by atoms with Gasteiger partial charge in [-0.2, -0.15) is 4.98 Å². The van der Waals surface area contributed by atoms with Gasteiger partial charge in [-0.3, -0.25) is 4.79 Å². The predicted octanol–water partition coefficient (Wildman–Crippen LogP) is 5.32. The Morgan fingerprint density at radius 1 is 1.06 bits per heavy atom. The van der Waals surface area contributed by atoms with E-state index in [2.05, 4.69) is 25.9 Å². The second-order valence-electron chi connectivity index (χ2n) is 8.26. The molecule has 0 saturated carbocycles. The number of carbonyl (C=O) groups is 1. The van der Waals surface area contributed by atoms with Crippen LogP contribution in [0.1, 0.15) is 0 Å². The Bertz CT molecular complexity index is 1410. The molecule has 0 aliphatic heterocycles. The Labute approximate surface area is 208 Å². The Kier molecular flexibility index (Phi) is 7.72. The van der Waals surface area contributed by atoms with Crippen molar-refractivity contribution in [2.45, 2.75) is 0 Å². The summed E-state index contributed by atoms with van der Waals surface area (Å²) in [5, 5.41) is 10.4. The molecule has 1 heterocycles. The smallest absolute Gasteiger partial charge is 0.248 e. The molecule has 9 heteroatoms. The summed E-state index contributed by atoms with van der Waals surface area (Å²) < 4.78 is 19.9. The fraction of sp³-hybridized carbons (Fsp3) is 0.148. The lowest BCUT2D eigenvalue weighted by molar-refractivity contribution is -0.111. The van der Waals surface area contributed by atoms with Crippen LogP contribution in [0.3, 0.4) is 0 Å². The van der Waals surface area contributed by atoms with E-state index in [9.17, 15) is 9.18 Å². The van der Waals surface area contributed by atoms with Crippen LogP contribution < -0.4 is 20.7 Å². The number of amides is 1. The summed E-state index contributed by atoms with van der Waals surface area (Å²) in [4.78, 5) is 22.9. The Balaban J connectivity index is 1.51. The molecular weight excluding hydrogens is 459 g/mol. The molecule has 0 bridgehead atoms. The molecule has 4 rings (SSSR count). The van der Waals surface area contributed by atoms with Crippen molar-refractivity contribution in [1.82, 2.24) is 14.9 Å². The van der Waals surface area contributed by atoms with E-state index >= 15 is 0 Å². The van der Waals surface area contributed by atoms with Crippen LogP contribution in [0, 0.1) is 5.82 Å². The van der Waals surface area contributed by atoms with Crippen molar-refractivity contribution in [2.75, 3.05) is 43.7 Å². The second kappa shape index (κ2) is 11.3. The zero-order valence-electron chi connectivity index (χ0n) is 20.2. The lowest BCUT2D eigenvalue weighted by Gasteiger charge is -2.13. The van der Waals surface area contributed by atoms with Crippen molar-refractivity contribution in [2.24, 2.45) is 0 Å². The number of ether oxygens (including phenoxy) is 1. The highest BCUT2D eigenvalue weighted by atomic mass is 19.1. The summed E-state index contributed by atoms with van der Waals surface area (Å²) in [6.07, 6.45) is 4.86. The third-order valence-electron chi connectivity index (χ3n) is 5.19. The molecule has 0 spiro atoms. The lowest BCUT2D eigenvalue weighted by Crippen LogP contribution is -2.13. The van der Waals surface area contributed by atoms with E-state index in [1.807, 2.05) is 37.2 Å². The zero-order chi connectivity index (χ0) is 25.5. The fourth-order valence-corrected chi connectivity index (χ4v) is 3.53. The van der Waals surface area contributed by atoms with Crippen molar-refractivity contribution < 1.29 is 13.9 Å². The average Bonchev–Trinajstić information content (AvgIpc) is 2.84. The molecule has 1 amide bonds. The molecule has 3 N–H and O–H groups in total. The van der Waals surface area contributed by atoms with Gasteiger partial charge in [0.05, 0.1) is 12.8 Å². The van der Waals surface area contributed by atoms with E-state index in [1.54, 1.807) is 55.8 Å². The van der Waals surface area contributed by atoms with Gasteiger partial charge >= 0.3 is 0 Å². The Morgan fingerprint density at radius 3 is 2.69 bits per heavy atom. The first-order chi connectivity index (χ1) is 17.4. The number of methoxy groups -OCH3 is 1. The highest BCUT2D eigenvalue weighted by molar-refractivity contribution is 5.99. The van der Waals surface area contributed by atoms with Gasteiger partial charge < -0.3 is 25.6 Å². The largest absolute Gasteiger partial charge is 0.495 e. The van der Waals surface area contributed by atoms with Gasteiger partial charge in [0, 0.05) is 35.6 Å². The number of hydrogen-bond acceptors (Lipinski definition) is 7. The number of halogens is 1. The number of carbonyl (C=O) groups excluding carboxylic acids is 1. The molecule has 0 fully saturated rings. The van der Waals surface area contributed by atoms with Crippen LogP contribution in [0.4, 0.5) is 33.2 Å². The maximum atomic E-state index is 14.5. The summed E-state index contributed by atoms with van der Waals surface area (Å²) >= 11 is 0. The second-order valence-corrected chi connectivity index (χ2v) is 8.26. The molecule has 0 unspecified atom stereocenters. The van der Waals surface area contributed by atoms with E-state index in [1.165, 1.54) is 12.1 Å². The van der Waals surface area contributed by atoms with E-state index in [-0.39, 0.29) is 11.7 Å². The summed E-state index contributed by atoms with van der Waals surface area (Å²) in [6.45, 7) is 0.663. The Hall–Kier alpha value is -4.50. The van der Waals surface area contributed by atoms with Crippen molar-refractivity contribution in [1.29, 1.82) is 0 Å². The van der Waals surface area contributed by atoms with E-state index in [0.29, 0.717) is 46.5 Å². The first-order valence-electron chi connectivity index (χ1n) is 11.3. The highest BCUT2D eigenvalue weighted by Crippen LogP contribution is 2.30. The number of fused-ring (bicyclic) bond motifs is 1. The van der Waals surface area contributed by atoms with E-state index < -0.39 is 0 Å². The Morgan fingerprint density at radius 2 is 1.89 bits per heavy atom. The van der Waals surface area contributed by atoms with Gasteiger partial charge in [-0.1, -0.05) is 30.3 Å². The zero-order valence-corrected chi connectivity index (χ0v) is 20.2. The van der Waals surface area contributed by atoms with Crippen LogP contribution in [0.15, 0.2) is 79.0 Å². The molecular formula is C27H27FN6O2. The molecule has 8 nitrogen and oxygen atoms in total. The fourth-order valence-electron chi connectivity index (χ4n) is 3.53. The van der Waals surface area contributed by atoms with Gasteiger partial charge in [0.25, 0.3) is 0 Å². The number of aromatic nitrogens is 2. The van der Waals surface area contributed by atoms with E-state index in [4.69, 9.17) is 4.74 Å². The van der Waals surface area contributed by atoms with E-state index in [0.717, 1.165) is 5.39 Å². The van der Waals surface area contributed by atoms with Crippen LogP contribution in [0.25, 0.3) is 10.8 Å². The number of nitrogens with zero attached hydrogens (tertiary/aromatic N) is 3. The molecule has 1 aromatic heterocycles. The van der Waals surface area contributed by atoms with Gasteiger partial charge in [-0.25, -0.2) is 9.37 Å². The standard InChI is InChI=1S/C27H27FN6O2/c1-34(2)14-6-9-26(35)31-19-10-11-24(36-3)23(17-19)32-27-29-13-12-25(33-27)30-20-15-18-7-4-5-8-21(18)22(28)16-20/h4-13,15-17H,14H2,1-3H3,(H,31,35)(H2,29,30,32,33)/b9-6+. The molecule has 0 radical (unpaired) electrons. The molecule has 0 aliphatic carbocycles. The van der Waals surface area contributed by atoms with Crippen molar-refractivity contribution in [3.63, 3.8) is 0 Å². The van der Waals surface area contributed by atoms with Crippen molar-refractivity contribution >= 4 is 45.5 Å². The number of likely N-dealkylation sites (N-methyl/N-ethyl adjacent to an activating group) is 1. The van der Waals surface area contributed by atoms with Crippen LogP contribution in [-0.2, 0) is 4.79 Å². The van der Waals surface area contributed by atoms with Crippen molar-refractivity contribution in [3.8, 4) is 5.75 Å².